The molecule has 11 heteroatoms. The highest BCUT2D eigenvalue weighted by atomic mass is 16.3. The molecule has 2 aliphatic rings. The molecule has 0 amide bonds. The van der Waals surface area contributed by atoms with E-state index in [9.17, 15) is 5.11 Å². The minimum Gasteiger partial charge on any atom is -0.393 e. The number of aliphatic hydroxyl groups is 1. The molecule has 0 unspecified atom stereocenters. The van der Waals surface area contributed by atoms with E-state index in [1.807, 2.05) is 12.3 Å². The Balaban J connectivity index is 1.27. The Hall–Kier alpha value is -3.86. The summed E-state index contributed by atoms with van der Waals surface area (Å²) >= 11 is 0. The van der Waals surface area contributed by atoms with Crippen LogP contribution in [0, 0.1) is 0 Å². The monoisotopic (exact) mass is 500 g/mol. The number of nitrogens with zero attached hydrogens (tertiary/aromatic N) is 8. The van der Waals surface area contributed by atoms with Crippen LogP contribution in [0.15, 0.2) is 37.2 Å². The lowest BCUT2D eigenvalue weighted by molar-refractivity contribution is 0.182. The maximum absolute atomic E-state index is 9.97. The van der Waals surface area contributed by atoms with Gasteiger partial charge in [0.05, 0.1) is 24.0 Å². The van der Waals surface area contributed by atoms with Gasteiger partial charge in [-0.25, -0.2) is 24.9 Å². The van der Waals surface area contributed by atoms with Gasteiger partial charge in [0.1, 0.15) is 29.0 Å². The summed E-state index contributed by atoms with van der Waals surface area (Å²) in [6.45, 7) is 3.89. The summed E-state index contributed by atoms with van der Waals surface area (Å²) < 4.78 is 2.06. The minimum absolute atomic E-state index is 0.186. The first-order valence-electron chi connectivity index (χ1n) is 13.0. The molecule has 2 atom stereocenters. The number of hydrogen-bond donors (Lipinski definition) is 3. The molecule has 5 heterocycles. The Bertz CT molecular complexity index is 1380. The second-order valence-corrected chi connectivity index (χ2v) is 9.93. The average molecular weight is 501 g/mol. The summed E-state index contributed by atoms with van der Waals surface area (Å²) in [6, 6.07) is 2.45. The van der Waals surface area contributed by atoms with E-state index in [1.165, 1.54) is 0 Å². The second kappa shape index (κ2) is 9.89. The minimum atomic E-state index is -0.259. The van der Waals surface area contributed by atoms with Crippen molar-refractivity contribution < 1.29 is 5.11 Å². The Morgan fingerprint density at radius 3 is 2.68 bits per heavy atom. The van der Waals surface area contributed by atoms with Crippen molar-refractivity contribution in [3.05, 3.63) is 42.9 Å². The van der Waals surface area contributed by atoms with Gasteiger partial charge in [-0.1, -0.05) is 6.92 Å². The Morgan fingerprint density at radius 2 is 1.95 bits per heavy atom. The van der Waals surface area contributed by atoms with Gasteiger partial charge in [-0.05, 0) is 44.6 Å². The molecule has 1 aliphatic carbocycles. The molecule has 4 aromatic rings. The van der Waals surface area contributed by atoms with Gasteiger partial charge >= 0.3 is 0 Å². The van der Waals surface area contributed by atoms with Crippen LogP contribution >= 0.6 is 0 Å². The number of aromatic nitrogens is 7. The van der Waals surface area contributed by atoms with E-state index in [0.717, 1.165) is 80.1 Å². The Labute approximate surface area is 215 Å². The molecular weight excluding hydrogens is 468 g/mol. The molecule has 6 rings (SSSR count). The first-order valence-corrected chi connectivity index (χ1v) is 13.0. The highest BCUT2D eigenvalue weighted by molar-refractivity contribution is 5.96. The number of hydrogen-bond acceptors (Lipinski definition) is 10. The largest absolute Gasteiger partial charge is 0.393 e. The quantitative estimate of drug-likeness (QED) is 0.361. The molecule has 0 bridgehead atoms. The van der Waals surface area contributed by atoms with Gasteiger partial charge in [-0.15, -0.1) is 0 Å². The van der Waals surface area contributed by atoms with Gasteiger partial charge in [0.15, 0.2) is 5.82 Å². The summed E-state index contributed by atoms with van der Waals surface area (Å²) in [5, 5.41) is 18.2. The topological polar surface area (TPSA) is 144 Å². The lowest BCUT2D eigenvalue weighted by atomic mass is 10.1. The molecule has 2 fully saturated rings. The van der Waals surface area contributed by atoms with E-state index in [-0.39, 0.29) is 12.1 Å². The molecule has 1 saturated carbocycles. The Morgan fingerprint density at radius 1 is 1.08 bits per heavy atom. The van der Waals surface area contributed by atoms with Gasteiger partial charge in [0.2, 0.25) is 0 Å². The number of aryl methyl sites for hydroxylation is 1. The lowest BCUT2D eigenvalue weighted by Crippen LogP contribution is -2.35. The molecule has 1 aliphatic heterocycles. The third-order valence-electron chi connectivity index (χ3n) is 7.52. The highest BCUT2D eigenvalue weighted by Gasteiger charge is 2.25. The van der Waals surface area contributed by atoms with Crippen molar-refractivity contribution in [1.82, 2.24) is 34.7 Å². The first kappa shape index (κ1) is 23.5. The molecule has 0 aromatic carbocycles. The van der Waals surface area contributed by atoms with E-state index in [0.29, 0.717) is 22.9 Å². The van der Waals surface area contributed by atoms with Gasteiger partial charge < -0.3 is 21.1 Å². The molecule has 37 heavy (non-hydrogen) atoms. The summed E-state index contributed by atoms with van der Waals surface area (Å²) in [7, 11) is 0. The van der Waals surface area contributed by atoms with Crippen molar-refractivity contribution in [1.29, 1.82) is 0 Å². The van der Waals surface area contributed by atoms with Crippen molar-refractivity contribution in [3.8, 4) is 11.1 Å². The van der Waals surface area contributed by atoms with Crippen molar-refractivity contribution >= 4 is 28.5 Å². The normalized spacial score (nSPS) is 20.5. The van der Waals surface area contributed by atoms with Crippen LogP contribution in [0.25, 0.3) is 22.2 Å². The van der Waals surface area contributed by atoms with Crippen molar-refractivity contribution in [2.45, 2.75) is 63.6 Å². The van der Waals surface area contributed by atoms with Crippen LogP contribution in [0.4, 0.5) is 17.5 Å². The van der Waals surface area contributed by atoms with Gasteiger partial charge in [0, 0.05) is 48.8 Å². The number of nitrogens with two attached hydrogens (primary N) is 1. The van der Waals surface area contributed by atoms with E-state index >= 15 is 0 Å². The molecule has 1 saturated heterocycles. The molecule has 4 aromatic heterocycles. The van der Waals surface area contributed by atoms with Crippen LogP contribution in [0.1, 0.15) is 50.8 Å². The van der Waals surface area contributed by atoms with Gasteiger partial charge in [0.25, 0.3) is 0 Å². The SMILES string of the molecule is CCc1nc2c(N)ncc(-c3cnn(C4CCN(c5ccncn5)CC4)c3)c2nc1N[C@@H]1CC[C@H](O)C1. The Kier molecular flexibility index (Phi) is 6.29. The zero-order valence-electron chi connectivity index (χ0n) is 21.0. The van der Waals surface area contributed by atoms with Gasteiger partial charge in [-0.2, -0.15) is 5.10 Å². The summed E-state index contributed by atoms with van der Waals surface area (Å²) in [5.41, 5.74) is 10.2. The number of anilines is 3. The molecule has 4 N–H and O–H groups in total. The predicted octanol–water partition coefficient (Wildman–Crippen LogP) is 2.99. The maximum atomic E-state index is 9.97. The number of piperidine rings is 1. The third kappa shape index (κ3) is 4.66. The number of fused-ring (bicyclic) bond motifs is 1. The first-order chi connectivity index (χ1) is 18.1. The zero-order valence-corrected chi connectivity index (χ0v) is 21.0. The molecular formula is C26H32N10O. The van der Waals surface area contributed by atoms with Crippen LogP contribution in [0.5, 0.6) is 0 Å². The third-order valence-corrected chi connectivity index (χ3v) is 7.52. The second-order valence-electron chi connectivity index (χ2n) is 9.93. The van der Waals surface area contributed by atoms with Crippen LogP contribution < -0.4 is 16.0 Å². The van der Waals surface area contributed by atoms with E-state index in [1.54, 1.807) is 18.7 Å². The molecule has 0 spiro atoms. The van der Waals surface area contributed by atoms with Crippen LogP contribution in [0.2, 0.25) is 0 Å². The fourth-order valence-electron chi connectivity index (χ4n) is 5.46. The number of nitrogen functional groups attached to an aromatic ring is 1. The van der Waals surface area contributed by atoms with E-state index in [2.05, 4.69) is 43.0 Å². The van der Waals surface area contributed by atoms with Crippen molar-refractivity contribution in [2.75, 3.05) is 29.0 Å². The van der Waals surface area contributed by atoms with Crippen molar-refractivity contribution in [3.63, 3.8) is 0 Å². The lowest BCUT2D eigenvalue weighted by Gasteiger charge is -2.32. The number of nitrogens with one attached hydrogen (secondary N) is 1. The summed E-state index contributed by atoms with van der Waals surface area (Å²) in [5.74, 6) is 2.09. The van der Waals surface area contributed by atoms with Crippen molar-refractivity contribution in [2.24, 2.45) is 0 Å². The summed E-state index contributed by atoms with van der Waals surface area (Å²) in [6.07, 6.45) is 13.9. The predicted molar refractivity (Wildman–Crippen MR) is 142 cm³/mol. The van der Waals surface area contributed by atoms with E-state index < -0.39 is 0 Å². The molecule has 11 nitrogen and oxygen atoms in total. The maximum Gasteiger partial charge on any atom is 0.151 e. The van der Waals surface area contributed by atoms with Crippen LogP contribution in [-0.2, 0) is 6.42 Å². The van der Waals surface area contributed by atoms with E-state index in [4.69, 9.17) is 20.8 Å². The zero-order chi connectivity index (χ0) is 25.4. The fraction of sp³-hybridized carbons (Fsp3) is 0.462. The average Bonchev–Trinajstić information content (AvgIpc) is 3.58. The standard InChI is InChI=1S/C26H32N10O/c1-2-21-26(32-17-3-4-19(37)11-17)34-23-20(13-29-25(27)24(23)33-21)16-12-31-36(14-16)18-6-9-35(10-7-18)22-5-8-28-15-30-22/h5,8,12-15,17-19,37H,2-4,6-7,9-11H2,1H3,(H2,27,29)(H,32,34)/t17-,19+/m1/s1. The number of aliphatic hydroxyl groups excluding tert-OH is 1. The highest BCUT2D eigenvalue weighted by Crippen LogP contribution is 2.33. The van der Waals surface area contributed by atoms with Crippen LogP contribution in [-0.4, -0.2) is 65.0 Å². The van der Waals surface area contributed by atoms with Crippen LogP contribution in [0.3, 0.4) is 0 Å². The molecule has 0 radical (unpaired) electrons. The summed E-state index contributed by atoms with van der Waals surface area (Å²) in [4.78, 5) is 25.0. The number of pyridine rings is 1. The molecule has 192 valence electrons. The fourth-order valence-corrected chi connectivity index (χ4v) is 5.46. The smallest absolute Gasteiger partial charge is 0.151 e. The van der Waals surface area contributed by atoms with Gasteiger partial charge in [-0.3, -0.25) is 4.68 Å². The number of rotatable bonds is 6.